The summed E-state index contributed by atoms with van der Waals surface area (Å²) in [5, 5.41) is 4.47. The molecule has 7 rings (SSSR count). The van der Waals surface area contributed by atoms with E-state index in [1.165, 1.54) is 22.5 Å². The summed E-state index contributed by atoms with van der Waals surface area (Å²) in [6.07, 6.45) is 3.00. The quantitative estimate of drug-likeness (QED) is 0.258. The molecule has 0 unspecified atom stereocenters. The third-order valence-corrected chi connectivity index (χ3v) is 13.4. The highest BCUT2D eigenvalue weighted by Crippen LogP contribution is 2.39. The molecule has 0 bridgehead atoms. The van der Waals surface area contributed by atoms with Gasteiger partial charge in [-0.25, -0.2) is 23.2 Å². The number of Topliss-reactive ketones (excluding diaryl/α,β-unsaturated/α-hetero) is 1. The van der Waals surface area contributed by atoms with Crippen LogP contribution in [0.15, 0.2) is 45.9 Å². The molecule has 3 aromatic rings. The Labute approximate surface area is 338 Å². The van der Waals surface area contributed by atoms with Crippen molar-refractivity contribution in [1.29, 1.82) is 0 Å². The number of sulfonamides is 1. The number of rotatable bonds is 7. The number of aromatic nitrogens is 2. The van der Waals surface area contributed by atoms with Crippen LogP contribution in [0.3, 0.4) is 0 Å². The molecule has 18 heteroatoms. The number of carbonyl (C=O) groups excluding carboxylic acids is 4. The highest BCUT2D eigenvalue weighted by Gasteiger charge is 2.49. The molecule has 4 heterocycles. The van der Waals surface area contributed by atoms with Crippen molar-refractivity contribution in [2.45, 2.75) is 114 Å². The van der Waals surface area contributed by atoms with E-state index in [0.29, 0.717) is 53.7 Å². The van der Waals surface area contributed by atoms with Crippen molar-refractivity contribution in [2.24, 2.45) is 10.9 Å². The van der Waals surface area contributed by atoms with E-state index in [0.717, 1.165) is 24.1 Å². The molecule has 14 nitrogen and oxygen atoms in total. The second-order valence-corrected chi connectivity index (χ2v) is 19.2. The Balaban J connectivity index is 1.29. The maximum Gasteiger partial charge on any atom is 0.408 e. The smallest absolute Gasteiger partial charge is 0.408 e. The normalized spacial score (nSPS) is 23.6. The number of carbonyl (C=O) groups is 4. The van der Waals surface area contributed by atoms with E-state index < -0.39 is 63.0 Å². The zero-order valence-electron chi connectivity index (χ0n) is 31.0. The number of ether oxygens (including phenoxy) is 2. The van der Waals surface area contributed by atoms with Crippen molar-refractivity contribution in [1.82, 2.24) is 24.9 Å². The molecule has 2 N–H and O–H groups in total. The molecular weight excluding hydrogens is 803 g/mol. The first-order chi connectivity index (χ1) is 26.6. The number of amides is 3. The summed E-state index contributed by atoms with van der Waals surface area (Å²) in [5.41, 5.74) is 2.26. The fourth-order valence-corrected chi connectivity index (χ4v) is 9.26. The Morgan fingerprint density at radius 1 is 1.00 bits per heavy atom. The number of halogens is 2. The molecular formula is C38H42Cl2N6O8S2. The van der Waals surface area contributed by atoms with Gasteiger partial charge >= 0.3 is 6.09 Å². The number of alkyl carbamates (subject to hydrolysis) is 1. The SMILES string of the molecule is CC(C)(C)OC(=O)N[C@H]1CCCCC2=C(C2)N=C[C@@H]2[C@@H](C(=O)NS(=O)(=O)C3CC3)CC(=O)N2[C@H](Oc2nc3cc(Cl)c(Cl)cc3nc2-c2cccs2)CCC1=O. The Morgan fingerprint density at radius 2 is 1.73 bits per heavy atom. The minimum Gasteiger partial charge on any atom is -0.452 e. The van der Waals surface area contributed by atoms with Gasteiger partial charge in [0.1, 0.15) is 11.3 Å². The number of ketones is 1. The van der Waals surface area contributed by atoms with Crippen LogP contribution in [-0.2, 0) is 29.1 Å². The topological polar surface area (TPSA) is 186 Å². The van der Waals surface area contributed by atoms with E-state index >= 15 is 0 Å². The molecule has 2 aliphatic heterocycles. The van der Waals surface area contributed by atoms with E-state index in [4.69, 9.17) is 47.6 Å². The highest BCUT2D eigenvalue weighted by molar-refractivity contribution is 7.90. The van der Waals surface area contributed by atoms with Gasteiger partial charge in [0.05, 0.1) is 49.2 Å². The van der Waals surface area contributed by atoms with Crippen LogP contribution in [0, 0.1) is 5.92 Å². The minimum atomic E-state index is -3.93. The summed E-state index contributed by atoms with van der Waals surface area (Å²) in [5.74, 6) is -2.75. The summed E-state index contributed by atoms with van der Waals surface area (Å²) < 4.78 is 40.2. The van der Waals surface area contributed by atoms with Crippen molar-refractivity contribution >= 4 is 85.5 Å². The van der Waals surface area contributed by atoms with Crippen LogP contribution in [0.2, 0.25) is 10.0 Å². The van der Waals surface area contributed by atoms with Crippen LogP contribution in [0.5, 0.6) is 5.88 Å². The standard InChI is InChI=1S/C38H42Cl2N6O8S2/c1-38(2,3)54-37(50)44-25-8-5-4-7-20-15-26(20)41-19-29-22(35(49)45-56(51,52)21-10-11-21)16-32(48)46(29)33(13-12-30(25)47)53-36-34(31-9-6-14-55-31)42-27-17-23(39)24(40)18-28(27)43-36/h6,9,14,17-19,21-22,25,29,33H,4-5,7-8,10-13,15-16H2,1-3H3,(H,44,50)(H,45,49)/t22-,25-,29+,33+/m0/s1. The molecule has 1 saturated heterocycles. The van der Waals surface area contributed by atoms with Gasteiger partial charge in [0.15, 0.2) is 12.0 Å². The summed E-state index contributed by atoms with van der Waals surface area (Å²) in [6, 6.07) is 4.87. The van der Waals surface area contributed by atoms with E-state index in [2.05, 4.69) is 10.0 Å². The van der Waals surface area contributed by atoms with Crippen molar-refractivity contribution < 1.29 is 37.1 Å². The number of thiophene rings is 1. The fraction of sp³-hybridized carbons (Fsp3) is 0.500. The number of aliphatic imine (C=N–C) groups is 1. The molecule has 1 saturated carbocycles. The predicted molar refractivity (Wildman–Crippen MR) is 212 cm³/mol. The van der Waals surface area contributed by atoms with Gasteiger partial charge in [-0.15, -0.1) is 11.3 Å². The molecule has 56 heavy (non-hydrogen) atoms. The van der Waals surface area contributed by atoms with Gasteiger partial charge < -0.3 is 14.8 Å². The molecule has 3 amide bonds. The third kappa shape index (κ3) is 9.35. The van der Waals surface area contributed by atoms with Crippen molar-refractivity contribution in [3.8, 4) is 16.5 Å². The fourth-order valence-electron chi connectivity index (χ4n) is 6.89. The molecule has 4 aliphatic rings. The van der Waals surface area contributed by atoms with Crippen molar-refractivity contribution in [2.75, 3.05) is 0 Å². The molecule has 0 radical (unpaired) electrons. The van der Waals surface area contributed by atoms with Crippen LogP contribution in [0.4, 0.5) is 4.79 Å². The lowest BCUT2D eigenvalue weighted by Crippen LogP contribution is -2.50. The first-order valence-corrected chi connectivity index (χ1v) is 21.8. The average molecular weight is 846 g/mol. The van der Waals surface area contributed by atoms with Gasteiger partial charge in [-0.05, 0) is 82.0 Å². The maximum atomic E-state index is 14.2. The van der Waals surface area contributed by atoms with Crippen LogP contribution >= 0.6 is 34.5 Å². The lowest BCUT2D eigenvalue weighted by Gasteiger charge is -2.33. The Kier molecular flexibility index (Phi) is 11.5. The Hall–Kier alpha value is -4.12. The van der Waals surface area contributed by atoms with Crippen LogP contribution in [-0.4, -0.2) is 82.4 Å². The van der Waals surface area contributed by atoms with Crippen molar-refractivity contribution in [3.63, 3.8) is 0 Å². The van der Waals surface area contributed by atoms with Crippen LogP contribution in [0.1, 0.15) is 85.0 Å². The molecule has 4 atom stereocenters. The largest absolute Gasteiger partial charge is 0.452 e. The highest BCUT2D eigenvalue weighted by atomic mass is 35.5. The molecule has 298 valence electrons. The van der Waals surface area contributed by atoms with E-state index in [1.807, 2.05) is 17.5 Å². The Morgan fingerprint density at radius 3 is 2.41 bits per heavy atom. The van der Waals surface area contributed by atoms with Gasteiger partial charge in [0.2, 0.25) is 27.7 Å². The van der Waals surface area contributed by atoms with Gasteiger partial charge in [-0.1, -0.05) is 35.7 Å². The summed E-state index contributed by atoms with van der Waals surface area (Å²) in [6.45, 7) is 5.20. The minimum absolute atomic E-state index is 0.0250. The number of benzene rings is 1. The van der Waals surface area contributed by atoms with Gasteiger partial charge in [-0.2, -0.15) is 0 Å². The molecule has 2 aliphatic carbocycles. The van der Waals surface area contributed by atoms with Gasteiger partial charge in [0, 0.05) is 37.6 Å². The number of hydrogen-bond donors (Lipinski definition) is 2. The van der Waals surface area contributed by atoms with Crippen LogP contribution in [0.25, 0.3) is 21.6 Å². The molecule has 1 aromatic carbocycles. The number of allylic oxidation sites excluding steroid dienone is 2. The van der Waals surface area contributed by atoms with Crippen LogP contribution < -0.4 is 14.8 Å². The number of fused-ring (bicyclic) bond motifs is 2. The second-order valence-electron chi connectivity index (χ2n) is 15.4. The average Bonchev–Trinajstić information content (AvgIpc) is 4.02. The summed E-state index contributed by atoms with van der Waals surface area (Å²) in [7, 11) is -3.93. The van der Waals surface area contributed by atoms with E-state index in [9.17, 15) is 27.6 Å². The van der Waals surface area contributed by atoms with E-state index in [1.54, 1.807) is 32.9 Å². The molecule has 0 spiro atoms. The van der Waals surface area contributed by atoms with Crippen molar-refractivity contribution in [3.05, 3.63) is 51.0 Å². The Bertz CT molecular complexity index is 2240. The van der Waals surface area contributed by atoms with E-state index in [-0.39, 0.29) is 41.0 Å². The molecule has 2 aromatic heterocycles. The first kappa shape index (κ1) is 40.1. The second kappa shape index (κ2) is 16.0. The molecule has 2 fully saturated rings. The number of nitrogens with one attached hydrogen (secondary N) is 2. The first-order valence-electron chi connectivity index (χ1n) is 18.6. The lowest BCUT2D eigenvalue weighted by atomic mass is 9.99. The summed E-state index contributed by atoms with van der Waals surface area (Å²) >= 11 is 14.1. The lowest BCUT2D eigenvalue weighted by molar-refractivity contribution is -0.137. The predicted octanol–water partition coefficient (Wildman–Crippen LogP) is 6.74. The van der Waals surface area contributed by atoms with Gasteiger partial charge in [-0.3, -0.25) is 29.0 Å². The zero-order chi connectivity index (χ0) is 39.9. The maximum absolute atomic E-state index is 14.2. The number of nitrogens with zero attached hydrogens (tertiary/aromatic N) is 4. The third-order valence-electron chi connectivity index (χ3n) is 9.93. The monoisotopic (exact) mass is 844 g/mol. The summed E-state index contributed by atoms with van der Waals surface area (Å²) in [4.78, 5) is 71.2. The number of hydrogen-bond acceptors (Lipinski definition) is 12. The zero-order valence-corrected chi connectivity index (χ0v) is 34.2. The van der Waals surface area contributed by atoms with Gasteiger partial charge in [0.25, 0.3) is 0 Å².